The maximum Gasteiger partial charge on any atom is 0.334 e. The van der Waals surface area contributed by atoms with E-state index in [1.165, 1.54) is 9.47 Å². The van der Waals surface area contributed by atoms with Crippen LogP contribution < -0.4 is 5.69 Å². The molecule has 5 aromatic rings. The van der Waals surface area contributed by atoms with Crippen molar-refractivity contribution in [1.82, 2.24) is 23.4 Å². The summed E-state index contributed by atoms with van der Waals surface area (Å²) in [5.41, 5.74) is 5.41. The summed E-state index contributed by atoms with van der Waals surface area (Å²) in [5.74, 6) is -0.463. The van der Waals surface area contributed by atoms with Gasteiger partial charge in [-0.2, -0.15) is 0 Å². The van der Waals surface area contributed by atoms with Gasteiger partial charge in [-0.3, -0.25) is 13.9 Å². The average molecular weight is 502 g/mol. The molecule has 7 nitrogen and oxygen atoms in total. The molecule has 1 amide bonds. The quantitative estimate of drug-likeness (QED) is 0.352. The molecule has 0 N–H and O–H groups in total. The Morgan fingerprint density at radius 2 is 1.89 bits per heavy atom. The summed E-state index contributed by atoms with van der Waals surface area (Å²) in [4.78, 5) is 32.2. The van der Waals surface area contributed by atoms with Gasteiger partial charge in [0.05, 0.1) is 40.8 Å². The van der Waals surface area contributed by atoms with Crippen LogP contribution in [0, 0.1) is 6.92 Å². The summed E-state index contributed by atoms with van der Waals surface area (Å²) in [5, 5.41) is 0. The fraction of sp³-hybridized carbons (Fsp3) is 0.250. The van der Waals surface area contributed by atoms with Crippen molar-refractivity contribution in [2.24, 2.45) is 0 Å². The lowest BCUT2D eigenvalue weighted by Gasteiger charge is -2.24. The van der Waals surface area contributed by atoms with Gasteiger partial charge in [-0.15, -0.1) is 0 Å². The second-order valence-electron chi connectivity index (χ2n) is 9.43. The first-order valence-corrected chi connectivity index (χ1v) is 12.2. The normalized spacial score (nSPS) is 15.9. The molecule has 6 rings (SSSR count). The van der Waals surface area contributed by atoms with Gasteiger partial charge < -0.3 is 9.30 Å². The summed E-state index contributed by atoms with van der Waals surface area (Å²) >= 11 is 0. The Morgan fingerprint density at radius 1 is 1.08 bits per heavy atom. The number of hydrogen-bond donors (Lipinski definition) is 0. The first-order valence-electron chi connectivity index (χ1n) is 12.2. The molecule has 9 heteroatoms. The number of hydrogen-bond acceptors (Lipinski definition) is 3. The summed E-state index contributed by atoms with van der Waals surface area (Å²) in [6, 6.07) is 16.1. The maximum absolute atomic E-state index is 13.7. The lowest BCUT2D eigenvalue weighted by molar-refractivity contribution is -0.135. The van der Waals surface area contributed by atoms with Crippen molar-refractivity contribution in [2.75, 3.05) is 6.54 Å². The fourth-order valence-electron chi connectivity index (χ4n) is 5.44. The molecule has 1 aliphatic rings. The molecule has 1 fully saturated rings. The zero-order valence-electron chi connectivity index (χ0n) is 20.2. The van der Waals surface area contributed by atoms with E-state index < -0.39 is 18.4 Å². The van der Waals surface area contributed by atoms with Crippen molar-refractivity contribution in [3.8, 4) is 16.8 Å². The van der Waals surface area contributed by atoms with Crippen LogP contribution in [0.2, 0.25) is 0 Å². The number of nitrogens with zero attached hydrogens (tertiary/aromatic N) is 5. The van der Waals surface area contributed by atoms with E-state index >= 15 is 0 Å². The van der Waals surface area contributed by atoms with Gasteiger partial charge in [-0.05, 0) is 55.2 Å². The molecule has 0 bridgehead atoms. The highest BCUT2D eigenvalue weighted by atomic mass is 19.3. The number of carbonyl (C=O) groups is 1. The predicted octanol–water partition coefficient (Wildman–Crippen LogP) is 4.67. The highest BCUT2D eigenvalue weighted by Crippen LogP contribution is 2.28. The SMILES string of the molecule is Cc1cccc2c1n(-c1ccc(-c3cccn4cncc34)cc1)c(=O)n2CC(=O)N1CCC[C@H]1C(F)F. The molecule has 1 aliphatic heterocycles. The Morgan fingerprint density at radius 3 is 2.68 bits per heavy atom. The lowest BCUT2D eigenvalue weighted by Crippen LogP contribution is -2.42. The molecule has 4 heterocycles. The van der Waals surface area contributed by atoms with E-state index in [-0.39, 0.29) is 25.2 Å². The summed E-state index contributed by atoms with van der Waals surface area (Å²) in [7, 11) is 0. The predicted molar refractivity (Wildman–Crippen MR) is 137 cm³/mol. The second-order valence-corrected chi connectivity index (χ2v) is 9.43. The Balaban J connectivity index is 1.41. The summed E-state index contributed by atoms with van der Waals surface area (Å²) in [6.07, 6.45) is 3.70. The Labute approximate surface area is 211 Å². The smallest absolute Gasteiger partial charge is 0.332 e. The molecule has 0 saturated carbocycles. The second kappa shape index (κ2) is 8.99. The number of likely N-dealkylation sites (tertiary alicyclic amines) is 1. The Kier molecular flexibility index (Phi) is 5.62. The van der Waals surface area contributed by atoms with Gasteiger partial charge in [0.1, 0.15) is 6.54 Å². The number of fused-ring (bicyclic) bond motifs is 2. The monoisotopic (exact) mass is 501 g/mol. The van der Waals surface area contributed by atoms with E-state index in [9.17, 15) is 18.4 Å². The van der Waals surface area contributed by atoms with Crippen molar-refractivity contribution in [3.05, 3.63) is 89.4 Å². The third-order valence-corrected chi connectivity index (χ3v) is 7.24. The van der Waals surface area contributed by atoms with Crippen molar-refractivity contribution in [3.63, 3.8) is 0 Å². The van der Waals surface area contributed by atoms with Crippen molar-refractivity contribution < 1.29 is 13.6 Å². The standard InChI is InChI=1S/C28H25F2N5O2/c1-18-5-2-7-22-26(18)35(28(37)34(22)16-25(36)33-14-4-8-23(33)27(29)30)20-11-9-19(10-12-20)21-6-3-13-32-17-31-15-24(21)32/h2-3,5-7,9-13,15,17,23,27H,4,8,14,16H2,1H3/t23-/m0/s1. The highest BCUT2D eigenvalue weighted by molar-refractivity contribution is 5.85. The molecule has 2 aromatic carbocycles. The first-order chi connectivity index (χ1) is 17.9. The van der Waals surface area contributed by atoms with Gasteiger partial charge in [0.15, 0.2) is 0 Å². The minimum absolute atomic E-state index is 0.276. The van der Waals surface area contributed by atoms with Crippen molar-refractivity contribution in [1.29, 1.82) is 0 Å². The third kappa shape index (κ3) is 3.82. The van der Waals surface area contributed by atoms with Crippen LogP contribution in [-0.4, -0.2) is 48.3 Å². The van der Waals surface area contributed by atoms with E-state index in [1.807, 2.05) is 66.1 Å². The molecule has 37 heavy (non-hydrogen) atoms. The molecule has 0 spiro atoms. The van der Waals surface area contributed by atoms with E-state index in [2.05, 4.69) is 4.98 Å². The number of benzene rings is 2. The third-order valence-electron chi connectivity index (χ3n) is 7.24. The number of halogens is 2. The average Bonchev–Trinajstić information content (AvgIpc) is 3.63. The van der Waals surface area contributed by atoms with Crippen LogP contribution in [0.5, 0.6) is 0 Å². The van der Waals surface area contributed by atoms with Crippen molar-refractivity contribution in [2.45, 2.75) is 38.8 Å². The van der Waals surface area contributed by atoms with Crippen LogP contribution in [0.1, 0.15) is 18.4 Å². The molecule has 3 aromatic heterocycles. The van der Waals surface area contributed by atoms with Gasteiger partial charge >= 0.3 is 5.69 Å². The summed E-state index contributed by atoms with van der Waals surface area (Å²) in [6.45, 7) is 1.91. The number of imidazole rings is 2. The van der Waals surface area contributed by atoms with Gasteiger partial charge in [0, 0.05) is 18.3 Å². The lowest BCUT2D eigenvalue weighted by atomic mass is 10.1. The summed E-state index contributed by atoms with van der Waals surface area (Å²) < 4.78 is 31.8. The van der Waals surface area contributed by atoms with Crippen LogP contribution in [-0.2, 0) is 11.3 Å². The molecule has 0 unspecified atom stereocenters. The minimum Gasteiger partial charge on any atom is -0.332 e. The molecule has 188 valence electrons. The van der Waals surface area contributed by atoms with Gasteiger partial charge in [0.25, 0.3) is 6.43 Å². The number of aromatic nitrogens is 4. The Bertz CT molecular complexity index is 1680. The number of alkyl halides is 2. The number of carbonyl (C=O) groups excluding carboxylic acids is 1. The number of pyridine rings is 1. The molecule has 0 radical (unpaired) electrons. The zero-order valence-corrected chi connectivity index (χ0v) is 20.2. The topological polar surface area (TPSA) is 64.5 Å². The molecule has 1 atom stereocenters. The molecule has 1 saturated heterocycles. The number of aryl methyl sites for hydroxylation is 1. The first kappa shape index (κ1) is 23.1. The highest BCUT2D eigenvalue weighted by Gasteiger charge is 2.35. The minimum atomic E-state index is -2.60. The van der Waals surface area contributed by atoms with E-state index in [4.69, 9.17) is 0 Å². The Hall–Kier alpha value is -4.27. The number of para-hydroxylation sites is 1. The maximum atomic E-state index is 13.7. The molecular weight excluding hydrogens is 476 g/mol. The van der Waals surface area contributed by atoms with Crippen LogP contribution in [0.15, 0.2) is 78.1 Å². The number of amides is 1. The largest absolute Gasteiger partial charge is 0.334 e. The van der Waals surface area contributed by atoms with Crippen LogP contribution in [0.4, 0.5) is 8.78 Å². The molecular formula is C28H25F2N5O2. The van der Waals surface area contributed by atoms with Crippen LogP contribution >= 0.6 is 0 Å². The van der Waals surface area contributed by atoms with E-state index in [0.717, 1.165) is 22.2 Å². The van der Waals surface area contributed by atoms with Crippen LogP contribution in [0.3, 0.4) is 0 Å². The van der Waals surface area contributed by atoms with Gasteiger partial charge in [-0.1, -0.05) is 30.3 Å². The van der Waals surface area contributed by atoms with E-state index in [1.54, 1.807) is 23.2 Å². The fourth-order valence-corrected chi connectivity index (χ4v) is 5.44. The van der Waals surface area contributed by atoms with Crippen LogP contribution in [0.25, 0.3) is 33.4 Å². The number of rotatable bonds is 5. The van der Waals surface area contributed by atoms with Gasteiger partial charge in [-0.25, -0.2) is 18.6 Å². The molecule has 0 aliphatic carbocycles. The zero-order chi connectivity index (χ0) is 25.7. The van der Waals surface area contributed by atoms with E-state index in [0.29, 0.717) is 23.1 Å². The van der Waals surface area contributed by atoms with Gasteiger partial charge in [0.2, 0.25) is 5.91 Å². The van der Waals surface area contributed by atoms with Crippen molar-refractivity contribution >= 4 is 22.5 Å².